The highest BCUT2D eigenvalue weighted by Crippen LogP contribution is 2.14. The fourth-order valence-electron chi connectivity index (χ4n) is 3.34. The van der Waals surface area contributed by atoms with Crippen molar-refractivity contribution in [2.24, 2.45) is 0 Å². The van der Waals surface area contributed by atoms with Crippen LogP contribution < -0.4 is 10.2 Å². The number of rotatable bonds is 6. The number of aromatic nitrogens is 4. The van der Waals surface area contributed by atoms with E-state index in [4.69, 9.17) is 0 Å². The molecule has 1 saturated heterocycles. The van der Waals surface area contributed by atoms with E-state index in [0.717, 1.165) is 43.3 Å². The molecule has 1 aromatic carbocycles. The number of hydrogen-bond donors (Lipinski definition) is 1. The Balaban J connectivity index is 1.24. The first-order valence-electron chi connectivity index (χ1n) is 9.82. The van der Waals surface area contributed by atoms with E-state index < -0.39 is 0 Å². The average molecular weight is 391 g/mol. The lowest BCUT2D eigenvalue weighted by molar-refractivity contribution is -0.122. The van der Waals surface area contributed by atoms with Crippen molar-refractivity contribution in [3.8, 4) is 5.82 Å². The van der Waals surface area contributed by atoms with Crippen LogP contribution in [0.4, 0.5) is 5.82 Å². The number of nitrogens with zero attached hydrogens (tertiary/aromatic N) is 6. The molecule has 0 atom stereocenters. The van der Waals surface area contributed by atoms with Gasteiger partial charge in [-0.3, -0.25) is 9.69 Å². The van der Waals surface area contributed by atoms with Gasteiger partial charge in [-0.1, -0.05) is 30.3 Å². The summed E-state index contributed by atoms with van der Waals surface area (Å²) < 4.78 is 1.72. The minimum Gasteiger partial charge on any atom is -0.353 e. The van der Waals surface area contributed by atoms with Crippen molar-refractivity contribution in [1.29, 1.82) is 0 Å². The Morgan fingerprint density at radius 1 is 0.966 bits per heavy atom. The van der Waals surface area contributed by atoms with Crippen LogP contribution >= 0.6 is 0 Å². The quantitative estimate of drug-likeness (QED) is 0.685. The third-order valence-corrected chi connectivity index (χ3v) is 4.99. The van der Waals surface area contributed by atoms with E-state index in [-0.39, 0.29) is 5.91 Å². The Kier molecular flexibility index (Phi) is 5.81. The topological polar surface area (TPSA) is 79.2 Å². The zero-order chi connectivity index (χ0) is 20.1. The Hall–Kier alpha value is -3.26. The maximum absolute atomic E-state index is 12.2. The number of carbonyl (C=O) groups excluding carboxylic acids is 1. The minimum absolute atomic E-state index is 0.0564. The summed E-state index contributed by atoms with van der Waals surface area (Å²) in [6.07, 6.45) is 1.88. The Labute approximate surface area is 170 Å². The van der Waals surface area contributed by atoms with E-state index in [0.29, 0.717) is 18.9 Å². The van der Waals surface area contributed by atoms with E-state index in [1.807, 2.05) is 61.7 Å². The maximum atomic E-state index is 12.2. The average Bonchev–Trinajstić information content (AvgIpc) is 3.20. The third kappa shape index (κ3) is 4.97. The number of amides is 1. The molecule has 2 aromatic heterocycles. The predicted octanol–water partition coefficient (Wildman–Crippen LogP) is 1.41. The van der Waals surface area contributed by atoms with Crippen LogP contribution in [-0.2, 0) is 11.3 Å². The van der Waals surface area contributed by atoms with Crippen LogP contribution in [0.25, 0.3) is 5.82 Å². The van der Waals surface area contributed by atoms with Gasteiger partial charge in [-0.2, -0.15) is 5.10 Å². The number of carbonyl (C=O) groups is 1. The molecule has 0 radical (unpaired) electrons. The number of nitrogens with one attached hydrogen (secondary N) is 1. The maximum Gasteiger partial charge on any atom is 0.234 e. The first-order valence-corrected chi connectivity index (χ1v) is 9.82. The van der Waals surface area contributed by atoms with Gasteiger partial charge in [0.2, 0.25) is 5.91 Å². The molecule has 3 heterocycles. The summed E-state index contributed by atoms with van der Waals surface area (Å²) in [6, 6.07) is 15.8. The largest absolute Gasteiger partial charge is 0.353 e. The van der Waals surface area contributed by atoms with E-state index in [9.17, 15) is 4.79 Å². The summed E-state index contributed by atoms with van der Waals surface area (Å²) in [5, 5.41) is 16.0. The van der Waals surface area contributed by atoms with E-state index >= 15 is 0 Å². The van der Waals surface area contributed by atoms with Gasteiger partial charge in [0, 0.05) is 38.9 Å². The molecule has 1 amide bonds. The molecular weight excluding hydrogens is 366 g/mol. The summed E-state index contributed by atoms with van der Waals surface area (Å²) in [7, 11) is 0. The Bertz CT molecular complexity index is 931. The van der Waals surface area contributed by atoms with Gasteiger partial charge in [0.15, 0.2) is 11.6 Å². The molecule has 3 aromatic rings. The van der Waals surface area contributed by atoms with E-state index in [2.05, 4.69) is 30.4 Å². The molecule has 1 fully saturated rings. The van der Waals surface area contributed by atoms with Crippen molar-refractivity contribution in [3.63, 3.8) is 0 Å². The molecule has 1 aliphatic rings. The second-order valence-corrected chi connectivity index (χ2v) is 7.18. The molecule has 0 spiro atoms. The number of anilines is 1. The molecule has 29 heavy (non-hydrogen) atoms. The molecule has 0 aliphatic carbocycles. The van der Waals surface area contributed by atoms with Crippen molar-refractivity contribution in [3.05, 3.63) is 66.0 Å². The first-order chi connectivity index (χ1) is 14.2. The Morgan fingerprint density at radius 2 is 1.69 bits per heavy atom. The molecule has 1 aliphatic heterocycles. The van der Waals surface area contributed by atoms with E-state index in [1.54, 1.807) is 4.68 Å². The van der Waals surface area contributed by atoms with Gasteiger partial charge in [0.1, 0.15) is 0 Å². The summed E-state index contributed by atoms with van der Waals surface area (Å²) in [4.78, 5) is 16.6. The van der Waals surface area contributed by atoms with Crippen molar-refractivity contribution in [2.75, 3.05) is 37.6 Å². The molecule has 8 nitrogen and oxygen atoms in total. The summed E-state index contributed by atoms with van der Waals surface area (Å²) in [6.45, 7) is 6.21. The summed E-state index contributed by atoms with van der Waals surface area (Å²) in [5.41, 5.74) is 2.05. The highest BCUT2D eigenvalue weighted by molar-refractivity contribution is 5.78. The second-order valence-electron chi connectivity index (χ2n) is 7.18. The smallest absolute Gasteiger partial charge is 0.234 e. The van der Waals surface area contributed by atoms with Gasteiger partial charge < -0.3 is 10.2 Å². The molecule has 1 N–H and O–H groups in total. The summed E-state index contributed by atoms with van der Waals surface area (Å²) >= 11 is 0. The molecule has 150 valence electrons. The molecule has 8 heteroatoms. The SMILES string of the molecule is Cc1ccn(-c2ccc(N3CCN(CC(=O)NCc4ccccc4)CC3)nn2)n1. The zero-order valence-corrected chi connectivity index (χ0v) is 16.5. The number of piperazine rings is 1. The van der Waals surface area contributed by atoms with Crippen molar-refractivity contribution >= 4 is 11.7 Å². The van der Waals surface area contributed by atoms with Gasteiger partial charge in [-0.15, -0.1) is 10.2 Å². The summed E-state index contributed by atoms with van der Waals surface area (Å²) in [5.74, 6) is 1.61. The predicted molar refractivity (Wildman–Crippen MR) is 111 cm³/mol. The fourth-order valence-corrected chi connectivity index (χ4v) is 3.34. The lowest BCUT2D eigenvalue weighted by Crippen LogP contribution is -2.49. The van der Waals surface area contributed by atoms with Gasteiger partial charge in [-0.25, -0.2) is 4.68 Å². The monoisotopic (exact) mass is 391 g/mol. The Morgan fingerprint density at radius 3 is 2.34 bits per heavy atom. The van der Waals surface area contributed by atoms with Gasteiger partial charge >= 0.3 is 0 Å². The minimum atomic E-state index is 0.0564. The zero-order valence-electron chi connectivity index (χ0n) is 16.5. The molecule has 4 rings (SSSR count). The van der Waals surface area contributed by atoms with E-state index in [1.165, 1.54) is 0 Å². The number of hydrogen-bond acceptors (Lipinski definition) is 6. The second kappa shape index (κ2) is 8.83. The normalized spacial score (nSPS) is 14.7. The van der Waals surface area contributed by atoms with Crippen LogP contribution in [0.5, 0.6) is 0 Å². The van der Waals surface area contributed by atoms with Crippen molar-refractivity contribution in [1.82, 2.24) is 30.2 Å². The molecular formula is C21H25N7O. The van der Waals surface area contributed by atoms with Gasteiger partial charge in [-0.05, 0) is 30.7 Å². The molecule has 0 saturated carbocycles. The van der Waals surface area contributed by atoms with Crippen LogP contribution in [0.2, 0.25) is 0 Å². The van der Waals surface area contributed by atoms with Gasteiger partial charge in [0.05, 0.1) is 12.2 Å². The van der Waals surface area contributed by atoms with Crippen LogP contribution in [0.1, 0.15) is 11.3 Å². The fraction of sp³-hybridized carbons (Fsp3) is 0.333. The highest BCUT2D eigenvalue weighted by atomic mass is 16.2. The molecule has 0 unspecified atom stereocenters. The first kappa shape index (κ1) is 19.1. The van der Waals surface area contributed by atoms with Crippen LogP contribution in [-0.4, -0.2) is 63.5 Å². The van der Waals surface area contributed by atoms with Crippen molar-refractivity contribution in [2.45, 2.75) is 13.5 Å². The number of aryl methyl sites for hydroxylation is 1. The van der Waals surface area contributed by atoms with Crippen LogP contribution in [0, 0.1) is 6.92 Å². The molecule has 0 bridgehead atoms. The standard InChI is InChI=1S/C21H25N7O/c1-17-9-10-28(25-17)20-8-7-19(23-24-20)27-13-11-26(12-14-27)16-21(29)22-15-18-5-3-2-4-6-18/h2-10H,11-16H2,1H3,(H,22,29). The third-order valence-electron chi connectivity index (χ3n) is 4.99. The van der Waals surface area contributed by atoms with Crippen LogP contribution in [0.15, 0.2) is 54.7 Å². The van der Waals surface area contributed by atoms with Gasteiger partial charge in [0.25, 0.3) is 0 Å². The number of benzene rings is 1. The van der Waals surface area contributed by atoms with Crippen LogP contribution in [0.3, 0.4) is 0 Å². The lowest BCUT2D eigenvalue weighted by Gasteiger charge is -2.34. The lowest BCUT2D eigenvalue weighted by atomic mass is 10.2. The van der Waals surface area contributed by atoms with Crippen molar-refractivity contribution < 1.29 is 4.79 Å². The highest BCUT2D eigenvalue weighted by Gasteiger charge is 2.20.